The van der Waals surface area contributed by atoms with E-state index >= 15 is 0 Å². The maximum atomic E-state index is 12.8. The molecule has 58 heavy (non-hydrogen) atoms. The third-order valence-corrected chi connectivity index (χ3v) is 11.0. The average Bonchev–Trinajstić information content (AvgIpc) is 3.85. The lowest BCUT2D eigenvalue weighted by atomic mass is 10.0. The van der Waals surface area contributed by atoms with Crippen LogP contribution in [0.5, 0.6) is 0 Å². The molecular weight excluding hydrogens is 733 g/mol. The molecule has 4 aromatic heterocycles. The fourth-order valence-electron chi connectivity index (χ4n) is 7.87. The fraction of sp³-hybridized carbons (Fsp3) is 0.522. The predicted octanol–water partition coefficient (Wildman–Crippen LogP) is 3.41. The zero-order chi connectivity index (χ0) is 42.3. The van der Waals surface area contributed by atoms with Gasteiger partial charge in [-0.15, -0.1) is 0 Å². The molecule has 12 nitrogen and oxygen atoms in total. The number of nitrogens with one attached hydrogen (secondary N) is 6. The fourth-order valence-corrected chi connectivity index (χ4v) is 7.87. The smallest absolute Gasteiger partial charge is 0.220 e. The number of ether oxygens (including phenoxy) is 2. The van der Waals surface area contributed by atoms with Gasteiger partial charge in [-0.1, -0.05) is 27.7 Å². The lowest BCUT2D eigenvalue weighted by Crippen LogP contribution is -2.27. The Balaban J connectivity index is 1.83. The van der Waals surface area contributed by atoms with E-state index < -0.39 is 0 Å². The highest BCUT2D eigenvalue weighted by Gasteiger charge is 2.22. The Morgan fingerprint density at radius 3 is 1.60 bits per heavy atom. The lowest BCUT2D eigenvalue weighted by Gasteiger charge is -2.16. The van der Waals surface area contributed by atoms with Crippen LogP contribution >= 0.6 is 0 Å². The van der Waals surface area contributed by atoms with E-state index in [2.05, 4.69) is 124 Å². The summed E-state index contributed by atoms with van der Waals surface area (Å²) in [6.45, 7) is 22.7. The summed E-state index contributed by atoms with van der Waals surface area (Å²) in [7, 11) is 0. The van der Waals surface area contributed by atoms with Crippen molar-refractivity contribution in [2.24, 2.45) is 11.8 Å². The molecule has 8 N–H and O–H groups in total. The summed E-state index contributed by atoms with van der Waals surface area (Å²) in [4.78, 5) is 40.6. The quantitative estimate of drug-likeness (QED) is 0.0673. The number of aliphatic hydroxyl groups is 2. The molecule has 4 aromatic rings. The van der Waals surface area contributed by atoms with Gasteiger partial charge in [0.25, 0.3) is 0 Å². The summed E-state index contributed by atoms with van der Waals surface area (Å²) < 4.78 is 12.9. The van der Waals surface area contributed by atoms with Crippen LogP contribution in [0.2, 0.25) is 0 Å². The van der Waals surface area contributed by atoms with Gasteiger partial charge in [-0.25, -0.2) is 0 Å². The van der Waals surface area contributed by atoms with Crippen molar-refractivity contribution < 1.29 is 29.3 Å². The molecule has 5 heterocycles. The average molecular weight is 799 g/mol. The van der Waals surface area contributed by atoms with Crippen molar-refractivity contribution in [3.05, 3.63) is 88.7 Å². The van der Waals surface area contributed by atoms with Gasteiger partial charge in [0.1, 0.15) is 0 Å². The van der Waals surface area contributed by atoms with Crippen LogP contribution in [-0.4, -0.2) is 81.5 Å². The standard InChI is InChI=1S/C46H66N6O6/c1-25(2)23-57-31(9)45-29(7)37-19-35-27(5)33(11-13-43(55)47-15-17-53)39(49-35)22-40-34(12-14-44(56)48-16-18-54)28(6)36(50-40)20-41-46(32(10)58-24-26(3)4)30(8)38(52-41)21-42(45)51-37/h19-22,25-26,31-32,49-54H,11-18,23-24H2,1-10H3,(H,47,55)(H,48,56). The highest BCUT2D eigenvalue weighted by molar-refractivity contribution is 5.77. The van der Waals surface area contributed by atoms with Crippen molar-refractivity contribution in [1.82, 2.24) is 30.6 Å². The monoisotopic (exact) mass is 799 g/mol. The summed E-state index contributed by atoms with van der Waals surface area (Å²) in [5, 5.41) is 27.8. The van der Waals surface area contributed by atoms with E-state index in [-0.39, 0.29) is 63.2 Å². The molecule has 8 bridgehead atoms. The molecule has 0 aliphatic carbocycles. The predicted molar refractivity (Wildman–Crippen MR) is 230 cm³/mol. The molecule has 12 heteroatoms. The first kappa shape index (κ1) is 44.5. The molecule has 2 atom stereocenters. The molecule has 0 saturated carbocycles. The summed E-state index contributed by atoms with van der Waals surface area (Å²) in [6.07, 6.45) is 9.67. The Hall–Kier alpha value is -4.62. The van der Waals surface area contributed by atoms with Crippen molar-refractivity contribution in [2.45, 2.75) is 107 Å². The molecule has 1 aliphatic heterocycles. The van der Waals surface area contributed by atoms with Gasteiger partial charge in [-0.2, -0.15) is 0 Å². The zero-order valence-corrected chi connectivity index (χ0v) is 36.2. The molecule has 0 fully saturated rings. The van der Waals surface area contributed by atoms with E-state index in [1.165, 1.54) is 0 Å². The van der Waals surface area contributed by atoms with Gasteiger partial charge >= 0.3 is 0 Å². The highest BCUT2D eigenvalue weighted by atomic mass is 16.5. The first-order chi connectivity index (χ1) is 27.6. The van der Waals surface area contributed by atoms with Crippen LogP contribution in [0.1, 0.15) is 134 Å². The van der Waals surface area contributed by atoms with Crippen molar-refractivity contribution >= 4 is 36.1 Å². The number of rotatable bonds is 18. The number of amides is 2. The molecular formula is C46H66N6O6. The summed E-state index contributed by atoms with van der Waals surface area (Å²) in [5.41, 5.74) is 12.1. The summed E-state index contributed by atoms with van der Waals surface area (Å²) in [6, 6.07) is 0. The van der Waals surface area contributed by atoms with Crippen LogP contribution in [0.15, 0.2) is 0 Å². The number of carbonyl (C=O) groups is 2. The van der Waals surface area contributed by atoms with E-state index in [0.717, 1.165) is 88.7 Å². The van der Waals surface area contributed by atoms with Gasteiger partial charge < -0.3 is 50.3 Å². The van der Waals surface area contributed by atoms with Crippen molar-refractivity contribution in [2.75, 3.05) is 39.5 Å². The molecule has 316 valence electrons. The first-order valence-electron chi connectivity index (χ1n) is 20.9. The van der Waals surface area contributed by atoms with Crippen molar-refractivity contribution in [3.8, 4) is 0 Å². The molecule has 5 rings (SSSR count). The Labute approximate surface area is 342 Å². The minimum Gasteiger partial charge on any atom is -0.395 e. The molecule has 2 unspecified atom stereocenters. The van der Waals surface area contributed by atoms with E-state index in [1.807, 2.05) is 0 Å². The normalized spacial score (nSPS) is 13.5. The maximum absolute atomic E-state index is 12.8. The van der Waals surface area contributed by atoms with Crippen LogP contribution in [-0.2, 0) is 31.9 Å². The largest absolute Gasteiger partial charge is 0.395 e. The lowest BCUT2D eigenvalue weighted by molar-refractivity contribution is -0.122. The molecule has 0 spiro atoms. The van der Waals surface area contributed by atoms with Crippen LogP contribution in [0.4, 0.5) is 0 Å². The van der Waals surface area contributed by atoms with Gasteiger partial charge in [0.05, 0.1) is 25.4 Å². The highest BCUT2D eigenvalue weighted by Crippen LogP contribution is 2.30. The maximum Gasteiger partial charge on any atom is 0.220 e. The van der Waals surface area contributed by atoms with Gasteiger partial charge in [-0.3, -0.25) is 9.59 Å². The third-order valence-electron chi connectivity index (χ3n) is 11.0. The number of H-pyrrole nitrogens is 4. The van der Waals surface area contributed by atoms with Crippen LogP contribution in [0.25, 0.3) is 24.3 Å². The Kier molecular flexibility index (Phi) is 15.3. The van der Waals surface area contributed by atoms with Crippen molar-refractivity contribution in [3.63, 3.8) is 0 Å². The van der Waals surface area contributed by atoms with Crippen LogP contribution < -0.4 is 32.0 Å². The van der Waals surface area contributed by atoms with E-state index in [9.17, 15) is 19.8 Å². The second-order valence-corrected chi connectivity index (χ2v) is 16.6. The number of aromatic amines is 4. The van der Waals surface area contributed by atoms with Gasteiger partial charge in [0.2, 0.25) is 11.8 Å². The van der Waals surface area contributed by atoms with Gasteiger partial charge in [0, 0.05) is 94.4 Å². The van der Waals surface area contributed by atoms with E-state index in [4.69, 9.17) is 9.47 Å². The Morgan fingerprint density at radius 1 is 0.552 bits per heavy atom. The topological polar surface area (TPSA) is 180 Å². The second kappa shape index (κ2) is 19.9. The van der Waals surface area contributed by atoms with Gasteiger partial charge in [0.15, 0.2) is 0 Å². The number of hydrogen-bond acceptors (Lipinski definition) is 6. The zero-order valence-electron chi connectivity index (χ0n) is 36.2. The Bertz CT molecular complexity index is 2320. The Morgan fingerprint density at radius 2 is 1.02 bits per heavy atom. The molecule has 0 aromatic carbocycles. The summed E-state index contributed by atoms with van der Waals surface area (Å²) in [5.74, 6) is 0.497. The SMILES string of the molecule is Cc1c2[nH]c(c1CCC(=O)NCCO)C=c1[nH]c(c(C)c1CCC(=O)NCCO)=Cc1[nH]c(c(C(C)OCC(C)C)c1C)C=c1[nH]c(c(C(C)OCC(C)C)c1C)=C2. The first-order valence-corrected chi connectivity index (χ1v) is 20.9. The minimum atomic E-state index is -0.190. The number of carbonyl (C=O) groups excluding carboxylic acids is 2. The van der Waals surface area contributed by atoms with Crippen LogP contribution in [0, 0.1) is 39.5 Å². The van der Waals surface area contributed by atoms with E-state index in [0.29, 0.717) is 37.9 Å². The number of hydrogen-bond donors (Lipinski definition) is 8. The van der Waals surface area contributed by atoms with Crippen LogP contribution in [0.3, 0.4) is 0 Å². The summed E-state index contributed by atoms with van der Waals surface area (Å²) >= 11 is 0. The molecule has 1 aliphatic rings. The third kappa shape index (κ3) is 10.5. The molecule has 2 amide bonds. The van der Waals surface area contributed by atoms with E-state index in [1.54, 1.807) is 0 Å². The molecule has 0 saturated heterocycles. The molecule has 0 radical (unpaired) electrons. The number of aliphatic hydroxyl groups excluding tert-OH is 2. The number of fused-ring (bicyclic) bond motifs is 8. The second-order valence-electron chi connectivity index (χ2n) is 16.6. The number of aromatic nitrogens is 4. The minimum absolute atomic E-state index is 0.119. The van der Waals surface area contributed by atoms with Gasteiger partial charge in [-0.05, 0) is 124 Å². The van der Waals surface area contributed by atoms with Crippen molar-refractivity contribution in [1.29, 1.82) is 0 Å².